The van der Waals surface area contributed by atoms with Gasteiger partial charge in [-0.25, -0.2) is 8.78 Å². The van der Waals surface area contributed by atoms with Gasteiger partial charge in [-0.3, -0.25) is 4.79 Å². The first-order chi connectivity index (χ1) is 12.5. The molecule has 7 heteroatoms. The van der Waals surface area contributed by atoms with Gasteiger partial charge in [0.25, 0.3) is 5.91 Å². The molecule has 1 amide bonds. The Kier molecular flexibility index (Phi) is 5.93. The van der Waals surface area contributed by atoms with Crippen LogP contribution in [-0.4, -0.2) is 36.6 Å². The summed E-state index contributed by atoms with van der Waals surface area (Å²) in [5.74, 6) is -1.21. The van der Waals surface area contributed by atoms with Crippen LogP contribution >= 0.6 is 11.6 Å². The molecule has 138 valence electrons. The van der Waals surface area contributed by atoms with E-state index < -0.39 is 11.6 Å². The molecule has 0 radical (unpaired) electrons. The average molecular weight is 382 g/mol. The maximum absolute atomic E-state index is 13.2. The predicted octanol–water partition coefficient (Wildman–Crippen LogP) is 4.07. The molecule has 0 atom stereocenters. The number of rotatable bonds is 5. The van der Waals surface area contributed by atoms with E-state index in [4.69, 9.17) is 21.1 Å². The quantitative estimate of drug-likeness (QED) is 0.783. The number of ether oxygens (including phenoxy) is 2. The molecule has 2 aromatic rings. The van der Waals surface area contributed by atoms with Crippen molar-refractivity contribution in [1.29, 1.82) is 0 Å². The van der Waals surface area contributed by atoms with E-state index in [-0.39, 0.29) is 24.4 Å². The van der Waals surface area contributed by atoms with Crippen molar-refractivity contribution in [1.82, 2.24) is 4.90 Å². The van der Waals surface area contributed by atoms with Crippen LogP contribution in [0.3, 0.4) is 0 Å². The molecule has 0 bridgehead atoms. The summed E-state index contributed by atoms with van der Waals surface area (Å²) in [6.07, 6.45) is 1.07. The second-order valence-electron chi connectivity index (χ2n) is 5.99. The van der Waals surface area contributed by atoms with Gasteiger partial charge in [0.05, 0.1) is 5.02 Å². The standard InChI is InChI=1S/C19H18ClF2NO3/c20-15-3-1-2-4-18(15)25-12-19(24)23-9-7-13(8-10-23)26-14-5-6-16(21)17(22)11-14/h1-6,11,13H,7-10,12H2. The molecule has 26 heavy (non-hydrogen) atoms. The van der Waals surface area contributed by atoms with Crippen molar-refractivity contribution in [3.63, 3.8) is 0 Å². The second-order valence-corrected chi connectivity index (χ2v) is 6.40. The number of para-hydroxylation sites is 1. The molecule has 1 heterocycles. The number of benzene rings is 2. The lowest BCUT2D eigenvalue weighted by Crippen LogP contribution is -2.43. The SMILES string of the molecule is O=C(COc1ccccc1Cl)N1CCC(Oc2ccc(F)c(F)c2)CC1. The normalized spacial score (nSPS) is 15.0. The lowest BCUT2D eigenvalue weighted by molar-refractivity contribution is -0.135. The van der Waals surface area contributed by atoms with Crippen molar-refractivity contribution in [2.24, 2.45) is 0 Å². The molecule has 0 unspecified atom stereocenters. The molecule has 2 aromatic carbocycles. The van der Waals surface area contributed by atoms with Crippen molar-refractivity contribution >= 4 is 17.5 Å². The average Bonchev–Trinajstić information content (AvgIpc) is 2.64. The van der Waals surface area contributed by atoms with Crippen LogP contribution < -0.4 is 9.47 Å². The first kappa shape index (κ1) is 18.5. The summed E-state index contributed by atoms with van der Waals surface area (Å²) in [6, 6.07) is 10.4. The second kappa shape index (κ2) is 8.36. The highest BCUT2D eigenvalue weighted by Gasteiger charge is 2.24. The first-order valence-corrected chi connectivity index (χ1v) is 8.67. The maximum atomic E-state index is 13.2. The number of amides is 1. The van der Waals surface area contributed by atoms with Gasteiger partial charge in [0.1, 0.15) is 17.6 Å². The molecule has 0 aliphatic carbocycles. The zero-order valence-corrected chi connectivity index (χ0v) is 14.7. The largest absolute Gasteiger partial charge is 0.490 e. The third kappa shape index (κ3) is 4.64. The molecular formula is C19H18ClF2NO3. The van der Waals surface area contributed by atoms with Gasteiger partial charge in [-0.05, 0) is 24.3 Å². The fourth-order valence-corrected chi connectivity index (χ4v) is 2.95. The van der Waals surface area contributed by atoms with Gasteiger partial charge >= 0.3 is 0 Å². The van der Waals surface area contributed by atoms with Gasteiger partial charge in [-0.15, -0.1) is 0 Å². The minimum Gasteiger partial charge on any atom is -0.490 e. The Labute approximate surface area is 155 Å². The molecule has 0 aromatic heterocycles. The van der Waals surface area contributed by atoms with Gasteiger partial charge in [-0.1, -0.05) is 23.7 Å². The summed E-state index contributed by atoms with van der Waals surface area (Å²) in [4.78, 5) is 14.0. The summed E-state index contributed by atoms with van der Waals surface area (Å²) in [5.41, 5.74) is 0. The summed E-state index contributed by atoms with van der Waals surface area (Å²) in [6.45, 7) is 0.941. The van der Waals surface area contributed by atoms with Crippen LogP contribution in [0.4, 0.5) is 8.78 Å². The van der Waals surface area contributed by atoms with Crippen molar-refractivity contribution in [2.75, 3.05) is 19.7 Å². The van der Waals surface area contributed by atoms with Crippen LogP contribution in [0.15, 0.2) is 42.5 Å². The molecular weight excluding hydrogens is 364 g/mol. The van der Waals surface area contributed by atoms with E-state index in [0.29, 0.717) is 36.7 Å². The molecule has 1 aliphatic rings. The molecule has 1 saturated heterocycles. The molecule has 0 spiro atoms. The smallest absolute Gasteiger partial charge is 0.260 e. The molecule has 0 saturated carbocycles. The van der Waals surface area contributed by atoms with E-state index in [1.807, 2.05) is 0 Å². The predicted molar refractivity (Wildman–Crippen MR) is 93.5 cm³/mol. The Bertz CT molecular complexity index is 779. The molecule has 3 rings (SSSR count). The number of carbonyl (C=O) groups is 1. The first-order valence-electron chi connectivity index (χ1n) is 8.30. The highest BCUT2D eigenvalue weighted by molar-refractivity contribution is 6.32. The van der Waals surface area contributed by atoms with E-state index in [1.54, 1.807) is 29.2 Å². The van der Waals surface area contributed by atoms with Crippen molar-refractivity contribution in [3.8, 4) is 11.5 Å². The third-order valence-corrected chi connectivity index (χ3v) is 4.49. The summed E-state index contributed by atoms with van der Waals surface area (Å²) < 4.78 is 37.3. The van der Waals surface area contributed by atoms with Crippen LogP contribution in [0.1, 0.15) is 12.8 Å². The number of hydrogen-bond acceptors (Lipinski definition) is 3. The number of carbonyl (C=O) groups excluding carboxylic acids is 1. The van der Waals surface area contributed by atoms with E-state index in [0.717, 1.165) is 12.1 Å². The lowest BCUT2D eigenvalue weighted by Gasteiger charge is -2.32. The summed E-state index contributed by atoms with van der Waals surface area (Å²) >= 11 is 5.99. The van der Waals surface area contributed by atoms with Crippen LogP contribution in [0, 0.1) is 11.6 Å². The topological polar surface area (TPSA) is 38.8 Å². The monoisotopic (exact) mass is 381 g/mol. The van der Waals surface area contributed by atoms with Crippen LogP contribution in [0.5, 0.6) is 11.5 Å². The number of halogens is 3. The van der Waals surface area contributed by atoms with E-state index in [9.17, 15) is 13.6 Å². The number of likely N-dealkylation sites (tertiary alicyclic amines) is 1. The van der Waals surface area contributed by atoms with Crippen LogP contribution in [-0.2, 0) is 4.79 Å². The van der Waals surface area contributed by atoms with Crippen molar-refractivity contribution in [3.05, 3.63) is 59.1 Å². The Morgan fingerprint density at radius 3 is 2.54 bits per heavy atom. The van der Waals surface area contributed by atoms with Gasteiger partial charge in [0, 0.05) is 32.0 Å². The van der Waals surface area contributed by atoms with E-state index >= 15 is 0 Å². The number of piperidine rings is 1. The summed E-state index contributed by atoms with van der Waals surface area (Å²) in [7, 11) is 0. The zero-order chi connectivity index (χ0) is 18.5. The van der Waals surface area contributed by atoms with Gasteiger partial charge in [0.15, 0.2) is 18.2 Å². The maximum Gasteiger partial charge on any atom is 0.260 e. The Hall–Kier alpha value is -2.34. The fourth-order valence-electron chi connectivity index (χ4n) is 2.76. The summed E-state index contributed by atoms with van der Waals surface area (Å²) in [5, 5.41) is 0.457. The van der Waals surface area contributed by atoms with Gasteiger partial charge < -0.3 is 14.4 Å². The van der Waals surface area contributed by atoms with Gasteiger partial charge in [0.2, 0.25) is 0 Å². The minimum atomic E-state index is -0.938. The van der Waals surface area contributed by atoms with E-state index in [1.165, 1.54) is 6.07 Å². The third-order valence-electron chi connectivity index (χ3n) is 4.18. The van der Waals surface area contributed by atoms with Crippen LogP contribution in [0.2, 0.25) is 5.02 Å². The van der Waals surface area contributed by atoms with Gasteiger partial charge in [-0.2, -0.15) is 0 Å². The minimum absolute atomic E-state index is 0.0849. The Morgan fingerprint density at radius 2 is 1.85 bits per heavy atom. The number of nitrogens with zero attached hydrogens (tertiary/aromatic N) is 1. The zero-order valence-electron chi connectivity index (χ0n) is 14.0. The van der Waals surface area contributed by atoms with Crippen molar-refractivity contribution < 1.29 is 23.0 Å². The van der Waals surface area contributed by atoms with E-state index in [2.05, 4.69) is 0 Å². The molecule has 4 nitrogen and oxygen atoms in total. The highest BCUT2D eigenvalue weighted by atomic mass is 35.5. The lowest BCUT2D eigenvalue weighted by atomic mass is 10.1. The Morgan fingerprint density at radius 1 is 1.12 bits per heavy atom. The molecule has 1 fully saturated rings. The van der Waals surface area contributed by atoms with Crippen LogP contribution in [0.25, 0.3) is 0 Å². The highest BCUT2D eigenvalue weighted by Crippen LogP contribution is 2.24. The van der Waals surface area contributed by atoms with Crippen molar-refractivity contribution in [2.45, 2.75) is 18.9 Å². The number of hydrogen-bond donors (Lipinski definition) is 0. The fraction of sp³-hybridized carbons (Fsp3) is 0.316. The molecule has 0 N–H and O–H groups in total. The molecule has 1 aliphatic heterocycles. The Balaban J connectivity index is 1.46.